The van der Waals surface area contributed by atoms with Gasteiger partial charge >= 0.3 is 0 Å². The Kier molecular flexibility index (Phi) is 5.04. The molecule has 3 rings (SSSR count). The summed E-state index contributed by atoms with van der Waals surface area (Å²) < 4.78 is 3.88. The average Bonchev–Trinajstić information content (AvgIpc) is 3.25. The monoisotopic (exact) mass is 345 g/mol. The second-order valence-corrected chi connectivity index (χ2v) is 6.38. The van der Waals surface area contributed by atoms with Crippen LogP contribution in [0, 0.1) is 0 Å². The maximum atomic E-state index is 12.3. The molecule has 3 aromatic heterocycles. The molecule has 0 saturated heterocycles. The molecule has 8 heteroatoms. The lowest BCUT2D eigenvalue weighted by atomic mass is 10.2. The van der Waals surface area contributed by atoms with Crippen LogP contribution in [0.25, 0.3) is 11.3 Å². The van der Waals surface area contributed by atoms with Gasteiger partial charge in [-0.25, -0.2) is 0 Å². The van der Waals surface area contributed by atoms with Crippen LogP contribution in [0.2, 0.25) is 0 Å². The van der Waals surface area contributed by atoms with Gasteiger partial charge in [0.15, 0.2) is 0 Å². The van der Waals surface area contributed by atoms with Crippen LogP contribution in [-0.2, 0) is 13.0 Å². The molecule has 23 heavy (non-hydrogen) atoms. The third kappa shape index (κ3) is 3.59. The maximum Gasteiger partial charge on any atom is 0.265 e. The molecule has 0 spiro atoms. The van der Waals surface area contributed by atoms with Crippen LogP contribution in [-0.4, -0.2) is 25.5 Å². The number of rotatable bonds is 6. The van der Waals surface area contributed by atoms with Crippen LogP contribution in [0.15, 0.2) is 29.2 Å². The van der Waals surface area contributed by atoms with E-state index in [-0.39, 0.29) is 5.91 Å². The first kappa shape index (κ1) is 15.7. The van der Waals surface area contributed by atoms with Crippen molar-refractivity contribution in [1.82, 2.24) is 24.9 Å². The Balaban J connectivity index is 1.74. The van der Waals surface area contributed by atoms with Crippen molar-refractivity contribution in [1.29, 1.82) is 0 Å². The summed E-state index contributed by atoms with van der Waals surface area (Å²) in [6.45, 7) is 2.37. The fraction of sp³-hybridized carbons (Fsp3) is 0.267. The van der Waals surface area contributed by atoms with Gasteiger partial charge in [-0.1, -0.05) is 17.8 Å². The second kappa shape index (κ2) is 7.38. The predicted molar refractivity (Wildman–Crippen MR) is 90.4 cm³/mol. The van der Waals surface area contributed by atoms with Crippen LogP contribution >= 0.6 is 22.9 Å². The van der Waals surface area contributed by atoms with Gasteiger partial charge in [0.25, 0.3) is 5.91 Å². The SMILES string of the molecule is CCCc1nnsc1C(=O)NCc1nccnc1-c1ccsc1. The highest BCUT2D eigenvalue weighted by Gasteiger charge is 2.16. The second-order valence-electron chi connectivity index (χ2n) is 4.85. The quantitative estimate of drug-likeness (QED) is 0.743. The lowest BCUT2D eigenvalue weighted by Gasteiger charge is -2.07. The number of nitrogens with zero attached hydrogens (tertiary/aromatic N) is 4. The molecule has 0 radical (unpaired) electrons. The van der Waals surface area contributed by atoms with E-state index in [4.69, 9.17) is 0 Å². The third-order valence-electron chi connectivity index (χ3n) is 3.23. The van der Waals surface area contributed by atoms with E-state index in [0.717, 1.165) is 47.0 Å². The highest BCUT2D eigenvalue weighted by atomic mass is 32.1. The summed E-state index contributed by atoms with van der Waals surface area (Å²) in [4.78, 5) is 21.6. The molecule has 0 aliphatic carbocycles. The molecule has 1 N–H and O–H groups in total. The van der Waals surface area contributed by atoms with E-state index < -0.39 is 0 Å². The first-order valence-corrected chi connectivity index (χ1v) is 8.93. The van der Waals surface area contributed by atoms with Crippen LogP contribution < -0.4 is 5.32 Å². The zero-order chi connectivity index (χ0) is 16.1. The van der Waals surface area contributed by atoms with Crippen molar-refractivity contribution in [3.63, 3.8) is 0 Å². The minimum atomic E-state index is -0.162. The largest absolute Gasteiger partial charge is 0.345 e. The van der Waals surface area contributed by atoms with Crippen molar-refractivity contribution in [2.24, 2.45) is 0 Å². The summed E-state index contributed by atoms with van der Waals surface area (Å²) >= 11 is 2.73. The molecule has 0 fully saturated rings. The number of hydrogen-bond donors (Lipinski definition) is 1. The van der Waals surface area contributed by atoms with Crippen molar-refractivity contribution in [3.8, 4) is 11.3 Å². The third-order valence-corrected chi connectivity index (χ3v) is 4.68. The first-order chi connectivity index (χ1) is 11.3. The Bertz CT molecular complexity index is 785. The lowest BCUT2D eigenvalue weighted by Crippen LogP contribution is -2.24. The minimum absolute atomic E-state index is 0.162. The van der Waals surface area contributed by atoms with E-state index in [1.54, 1.807) is 23.7 Å². The summed E-state index contributed by atoms with van der Waals surface area (Å²) in [5.41, 5.74) is 3.31. The average molecular weight is 345 g/mol. The molecule has 3 heterocycles. The molecule has 3 aromatic rings. The van der Waals surface area contributed by atoms with Gasteiger partial charge < -0.3 is 5.32 Å². The number of carbonyl (C=O) groups excluding carboxylic acids is 1. The molecule has 0 aliphatic rings. The summed E-state index contributed by atoms with van der Waals surface area (Å²) in [6.07, 6.45) is 4.97. The molecular formula is C15H15N5OS2. The Morgan fingerprint density at radius 3 is 2.91 bits per heavy atom. The van der Waals surface area contributed by atoms with E-state index in [1.807, 2.05) is 23.8 Å². The van der Waals surface area contributed by atoms with Gasteiger partial charge in [-0.2, -0.15) is 11.3 Å². The highest BCUT2D eigenvalue weighted by molar-refractivity contribution is 7.08. The van der Waals surface area contributed by atoms with Gasteiger partial charge in [0, 0.05) is 23.3 Å². The van der Waals surface area contributed by atoms with Gasteiger partial charge in [0.2, 0.25) is 0 Å². The Morgan fingerprint density at radius 1 is 1.26 bits per heavy atom. The van der Waals surface area contributed by atoms with Crippen LogP contribution in [0.5, 0.6) is 0 Å². The Morgan fingerprint density at radius 2 is 2.13 bits per heavy atom. The molecule has 0 atom stereocenters. The fourth-order valence-electron chi connectivity index (χ4n) is 2.16. The van der Waals surface area contributed by atoms with Gasteiger partial charge in [-0.15, -0.1) is 5.10 Å². The number of thiophene rings is 1. The predicted octanol–water partition coefficient (Wildman–Crippen LogP) is 2.94. The first-order valence-electron chi connectivity index (χ1n) is 7.21. The number of hydrogen-bond acceptors (Lipinski definition) is 7. The number of carbonyl (C=O) groups is 1. The normalized spacial score (nSPS) is 10.7. The molecule has 1 amide bonds. The molecule has 6 nitrogen and oxygen atoms in total. The molecule has 0 bridgehead atoms. The zero-order valence-electron chi connectivity index (χ0n) is 12.5. The van der Waals surface area contributed by atoms with E-state index in [9.17, 15) is 4.79 Å². The highest BCUT2D eigenvalue weighted by Crippen LogP contribution is 2.22. The van der Waals surface area contributed by atoms with Crippen molar-refractivity contribution in [3.05, 3.63) is 45.5 Å². The number of nitrogens with one attached hydrogen (secondary N) is 1. The standard InChI is InChI=1S/C15H15N5OS2/c1-2-3-11-14(23-20-19-11)15(21)18-8-12-13(17-6-5-16-12)10-4-7-22-9-10/h4-7,9H,2-3,8H2,1H3,(H,18,21). The van der Waals surface area contributed by atoms with E-state index >= 15 is 0 Å². The van der Waals surface area contributed by atoms with Gasteiger partial charge in [0.05, 0.1) is 23.6 Å². The summed E-state index contributed by atoms with van der Waals surface area (Å²) in [5.74, 6) is -0.162. The lowest BCUT2D eigenvalue weighted by molar-refractivity contribution is 0.0953. The Labute approximate surface area is 141 Å². The molecule has 0 aromatic carbocycles. The van der Waals surface area contributed by atoms with Crippen molar-refractivity contribution in [2.45, 2.75) is 26.3 Å². The van der Waals surface area contributed by atoms with Crippen molar-refractivity contribution < 1.29 is 4.79 Å². The van der Waals surface area contributed by atoms with Crippen molar-refractivity contribution >= 4 is 28.8 Å². The molecule has 0 aliphatic heterocycles. The van der Waals surface area contributed by atoms with Gasteiger partial charge in [-0.3, -0.25) is 14.8 Å². The van der Waals surface area contributed by atoms with Crippen LogP contribution in [0.4, 0.5) is 0 Å². The number of aryl methyl sites for hydroxylation is 1. The van der Waals surface area contributed by atoms with E-state index in [0.29, 0.717) is 11.4 Å². The minimum Gasteiger partial charge on any atom is -0.345 e. The smallest absolute Gasteiger partial charge is 0.265 e. The fourth-order valence-corrected chi connectivity index (χ4v) is 3.43. The number of aromatic nitrogens is 4. The van der Waals surface area contributed by atoms with Gasteiger partial charge in [0.1, 0.15) is 4.88 Å². The molecule has 118 valence electrons. The number of amides is 1. The summed E-state index contributed by atoms with van der Waals surface area (Å²) in [7, 11) is 0. The Hall–Kier alpha value is -2.19. The van der Waals surface area contributed by atoms with Crippen LogP contribution in [0.3, 0.4) is 0 Å². The van der Waals surface area contributed by atoms with Gasteiger partial charge in [-0.05, 0) is 29.4 Å². The maximum absolute atomic E-state index is 12.3. The van der Waals surface area contributed by atoms with E-state index in [2.05, 4.69) is 24.9 Å². The molecular weight excluding hydrogens is 330 g/mol. The van der Waals surface area contributed by atoms with E-state index in [1.165, 1.54) is 0 Å². The molecule has 0 unspecified atom stereocenters. The topological polar surface area (TPSA) is 80.7 Å². The zero-order valence-corrected chi connectivity index (χ0v) is 14.2. The molecule has 0 saturated carbocycles. The van der Waals surface area contributed by atoms with Crippen LogP contribution in [0.1, 0.15) is 34.4 Å². The van der Waals surface area contributed by atoms with Crippen molar-refractivity contribution in [2.75, 3.05) is 0 Å². The summed E-state index contributed by atoms with van der Waals surface area (Å²) in [5, 5.41) is 10.9. The summed E-state index contributed by atoms with van der Waals surface area (Å²) in [6, 6.07) is 1.99.